The summed E-state index contributed by atoms with van der Waals surface area (Å²) in [5.74, 6) is 0.394. The molecule has 0 amide bonds. The Morgan fingerprint density at radius 2 is 1.67 bits per heavy atom. The van der Waals surface area contributed by atoms with Gasteiger partial charge in [0.05, 0.1) is 19.8 Å². The third-order valence-corrected chi connectivity index (χ3v) is 3.61. The zero-order valence-electron chi connectivity index (χ0n) is 14.2. The highest BCUT2D eigenvalue weighted by molar-refractivity contribution is 5.88. The smallest absolute Gasteiger partial charge is 0.326 e. The average Bonchev–Trinajstić information content (AvgIpc) is 2.93. The summed E-state index contributed by atoms with van der Waals surface area (Å²) in [7, 11) is 5.91. The van der Waals surface area contributed by atoms with Crippen molar-refractivity contribution >= 4 is 23.7 Å². The Kier molecular flexibility index (Phi) is 4.48. The lowest BCUT2D eigenvalue weighted by Crippen LogP contribution is -2.28. The molecule has 122 valence electrons. The second-order valence-corrected chi connectivity index (χ2v) is 6.18. The van der Waals surface area contributed by atoms with Crippen LogP contribution >= 0.6 is 0 Å². The molecule has 0 saturated heterocycles. The van der Waals surface area contributed by atoms with Crippen LogP contribution in [-0.4, -0.2) is 38.0 Å². The summed E-state index contributed by atoms with van der Waals surface area (Å²) < 4.78 is 0.345. The van der Waals surface area contributed by atoms with Gasteiger partial charge in [-0.2, -0.15) is 9.58 Å². The minimum atomic E-state index is 0.345. The predicted molar refractivity (Wildman–Crippen MR) is 97.5 cm³/mol. The van der Waals surface area contributed by atoms with Gasteiger partial charge in [-0.3, -0.25) is 0 Å². The highest BCUT2D eigenvalue weighted by Crippen LogP contribution is 2.21. The van der Waals surface area contributed by atoms with Crippen molar-refractivity contribution in [3.8, 4) is 0 Å². The van der Waals surface area contributed by atoms with Crippen molar-refractivity contribution in [1.82, 2.24) is 0 Å². The number of nitrogens with zero attached hydrogens (tertiary/aromatic N) is 6. The third kappa shape index (κ3) is 4.11. The van der Waals surface area contributed by atoms with Crippen LogP contribution in [0, 0.1) is 0 Å². The van der Waals surface area contributed by atoms with Gasteiger partial charge in [0.25, 0.3) is 0 Å². The Morgan fingerprint density at radius 1 is 0.958 bits per heavy atom. The normalized spacial score (nSPS) is 15.7. The van der Waals surface area contributed by atoms with Gasteiger partial charge in [0, 0.05) is 19.3 Å². The molecule has 0 unspecified atom stereocenters. The van der Waals surface area contributed by atoms with E-state index in [-0.39, 0.29) is 0 Å². The molecule has 0 spiro atoms. The first-order chi connectivity index (χ1) is 11.5. The zero-order valence-corrected chi connectivity index (χ0v) is 14.2. The van der Waals surface area contributed by atoms with Gasteiger partial charge in [0.15, 0.2) is 0 Å². The van der Waals surface area contributed by atoms with Crippen molar-refractivity contribution < 1.29 is 4.59 Å². The first-order valence-corrected chi connectivity index (χ1v) is 7.78. The molecule has 6 nitrogen and oxygen atoms in total. The summed E-state index contributed by atoms with van der Waals surface area (Å²) in [5.41, 5.74) is 3.19. The molecule has 1 heterocycles. The van der Waals surface area contributed by atoms with Crippen molar-refractivity contribution in [1.29, 1.82) is 0 Å². The first kappa shape index (κ1) is 16.0. The topological polar surface area (TPSA) is 52.7 Å². The molecule has 0 radical (unpaired) electrons. The van der Waals surface area contributed by atoms with E-state index in [2.05, 4.69) is 56.5 Å². The standard InChI is InChI=1S/C18H21N6/c1-23(13-15-7-5-4-6-8-15)17-11-9-16(10-12-17)20-21-18-19-14-24(2,3)22-18/h4-12,14H,13H2,1-3H3/q+1. The van der Waals surface area contributed by atoms with Crippen molar-refractivity contribution in [2.45, 2.75) is 6.54 Å². The van der Waals surface area contributed by atoms with Crippen LogP contribution in [0.25, 0.3) is 0 Å². The van der Waals surface area contributed by atoms with Crippen LogP contribution < -0.4 is 4.90 Å². The number of rotatable bonds is 4. The molecule has 0 saturated carbocycles. The fourth-order valence-corrected chi connectivity index (χ4v) is 2.35. The second kappa shape index (κ2) is 6.72. The number of azo groups is 1. The van der Waals surface area contributed by atoms with Crippen LogP contribution in [0.1, 0.15) is 5.56 Å². The highest BCUT2D eigenvalue weighted by atomic mass is 15.6. The van der Waals surface area contributed by atoms with Crippen LogP contribution in [-0.2, 0) is 6.54 Å². The lowest BCUT2D eigenvalue weighted by atomic mass is 10.2. The Labute approximate surface area is 142 Å². The number of hydrogen-bond donors (Lipinski definition) is 0. The molecular weight excluding hydrogens is 300 g/mol. The summed E-state index contributed by atoms with van der Waals surface area (Å²) in [4.78, 5) is 6.32. The van der Waals surface area contributed by atoms with E-state index in [1.165, 1.54) is 5.56 Å². The van der Waals surface area contributed by atoms with E-state index in [0.717, 1.165) is 17.9 Å². The summed E-state index contributed by atoms with van der Waals surface area (Å²) >= 11 is 0. The SMILES string of the molecule is CN(Cc1ccccc1)c1ccc(N=NC2=N[N+](C)(C)C=N2)cc1. The molecule has 24 heavy (non-hydrogen) atoms. The molecule has 3 rings (SSSR count). The minimum Gasteiger partial charge on any atom is -0.370 e. The minimum absolute atomic E-state index is 0.345. The van der Waals surface area contributed by atoms with E-state index in [0.29, 0.717) is 10.6 Å². The summed E-state index contributed by atoms with van der Waals surface area (Å²) in [5, 5.41) is 12.6. The monoisotopic (exact) mass is 321 g/mol. The molecule has 0 fully saturated rings. The number of benzene rings is 2. The molecule has 2 aromatic carbocycles. The maximum atomic E-state index is 4.29. The largest absolute Gasteiger partial charge is 0.370 e. The van der Waals surface area contributed by atoms with E-state index in [9.17, 15) is 0 Å². The molecular formula is C18H21N6+. The van der Waals surface area contributed by atoms with Gasteiger partial charge in [0.1, 0.15) is 0 Å². The number of guanidine groups is 1. The highest BCUT2D eigenvalue weighted by Gasteiger charge is 2.19. The van der Waals surface area contributed by atoms with E-state index >= 15 is 0 Å². The molecule has 0 N–H and O–H groups in total. The van der Waals surface area contributed by atoms with Crippen molar-refractivity contribution in [2.75, 3.05) is 26.0 Å². The number of quaternary nitrogens is 1. The maximum absolute atomic E-state index is 4.29. The number of hydrogen-bond acceptors (Lipinski definition) is 5. The summed E-state index contributed by atoms with van der Waals surface area (Å²) in [6.45, 7) is 0.861. The fourth-order valence-electron chi connectivity index (χ4n) is 2.35. The average molecular weight is 321 g/mol. The molecule has 2 aromatic rings. The second-order valence-electron chi connectivity index (χ2n) is 6.18. The van der Waals surface area contributed by atoms with Crippen LogP contribution in [0.15, 0.2) is 74.9 Å². The number of aliphatic imine (C=N–C) groups is 1. The molecule has 0 bridgehead atoms. The van der Waals surface area contributed by atoms with Crippen LogP contribution in [0.3, 0.4) is 0 Å². The number of anilines is 1. The third-order valence-electron chi connectivity index (χ3n) is 3.61. The Bertz CT molecular complexity index is 775. The van der Waals surface area contributed by atoms with E-state index in [1.54, 1.807) is 6.34 Å². The molecule has 1 aliphatic rings. The van der Waals surface area contributed by atoms with Gasteiger partial charge < -0.3 is 4.90 Å². The van der Waals surface area contributed by atoms with Gasteiger partial charge in [-0.1, -0.05) is 30.3 Å². The Hall–Kier alpha value is -2.86. The lowest BCUT2D eigenvalue weighted by molar-refractivity contribution is -0.796. The first-order valence-electron chi connectivity index (χ1n) is 7.78. The Balaban J connectivity index is 1.64. The van der Waals surface area contributed by atoms with Crippen LogP contribution in [0.4, 0.5) is 11.4 Å². The quantitative estimate of drug-likeness (QED) is 0.624. The lowest BCUT2D eigenvalue weighted by Gasteiger charge is -2.19. The van der Waals surface area contributed by atoms with Crippen molar-refractivity contribution in [2.24, 2.45) is 20.3 Å². The fraction of sp³-hybridized carbons (Fsp3) is 0.222. The van der Waals surface area contributed by atoms with E-state index in [4.69, 9.17) is 0 Å². The van der Waals surface area contributed by atoms with Gasteiger partial charge in [-0.15, -0.1) is 10.2 Å². The molecule has 0 atom stereocenters. The molecule has 1 aliphatic heterocycles. The molecule has 6 heteroatoms. The van der Waals surface area contributed by atoms with E-state index in [1.807, 2.05) is 44.4 Å². The maximum Gasteiger partial charge on any atom is 0.326 e. The Morgan fingerprint density at radius 3 is 2.29 bits per heavy atom. The molecule has 0 aromatic heterocycles. The van der Waals surface area contributed by atoms with Gasteiger partial charge in [0.2, 0.25) is 6.34 Å². The zero-order chi connectivity index (χ0) is 17.0. The molecule has 0 aliphatic carbocycles. The van der Waals surface area contributed by atoms with Gasteiger partial charge in [-0.25, -0.2) is 0 Å². The summed E-state index contributed by atoms with van der Waals surface area (Å²) in [6.07, 6.45) is 1.72. The van der Waals surface area contributed by atoms with Crippen molar-refractivity contribution in [3.63, 3.8) is 0 Å². The van der Waals surface area contributed by atoms with Gasteiger partial charge >= 0.3 is 5.96 Å². The summed E-state index contributed by atoms with van der Waals surface area (Å²) in [6, 6.07) is 18.4. The van der Waals surface area contributed by atoms with Gasteiger partial charge in [-0.05, 0) is 34.9 Å². The van der Waals surface area contributed by atoms with Crippen LogP contribution in [0.5, 0.6) is 0 Å². The van der Waals surface area contributed by atoms with Crippen LogP contribution in [0.2, 0.25) is 0 Å². The van der Waals surface area contributed by atoms with Crippen molar-refractivity contribution in [3.05, 3.63) is 60.2 Å². The predicted octanol–water partition coefficient (Wildman–Crippen LogP) is 3.80. The van der Waals surface area contributed by atoms with E-state index < -0.39 is 0 Å².